The van der Waals surface area contributed by atoms with Crippen LogP contribution in [0.15, 0.2) is 119 Å². The van der Waals surface area contributed by atoms with E-state index in [1.807, 2.05) is 24.3 Å². The molecule has 0 saturated heterocycles. The zero-order valence-corrected chi connectivity index (χ0v) is 26.1. The lowest BCUT2D eigenvalue weighted by molar-refractivity contribution is 0.686. The van der Waals surface area contributed by atoms with Crippen molar-refractivity contribution in [3.63, 3.8) is 0 Å². The van der Waals surface area contributed by atoms with Crippen molar-refractivity contribution in [3.8, 4) is 20.9 Å². The quantitative estimate of drug-likeness (QED) is 0.197. The van der Waals surface area contributed by atoms with Crippen LogP contribution in [0.25, 0.3) is 73.4 Å². The predicted octanol–water partition coefficient (Wildman–Crippen LogP) is 10.4. The van der Waals surface area contributed by atoms with Crippen LogP contribution in [0.5, 0.6) is 0 Å². The third kappa shape index (κ3) is 4.33. The Morgan fingerprint density at radius 3 is 1.19 bits per heavy atom. The maximum atomic E-state index is 12.7. The van der Waals surface area contributed by atoms with Gasteiger partial charge in [-0.25, -0.2) is 0 Å². The summed E-state index contributed by atoms with van der Waals surface area (Å²) in [6.07, 6.45) is 3.52. The van der Waals surface area contributed by atoms with Gasteiger partial charge in [0.15, 0.2) is 0 Å². The second-order valence-electron chi connectivity index (χ2n) is 10.6. The van der Waals surface area contributed by atoms with Crippen molar-refractivity contribution in [3.05, 3.63) is 109 Å². The molecule has 0 spiro atoms. The van der Waals surface area contributed by atoms with Gasteiger partial charge in [-0.3, -0.25) is 8.42 Å². The topological polar surface area (TPSA) is 34.1 Å². The van der Waals surface area contributed by atoms with Gasteiger partial charge in [-0.05, 0) is 104 Å². The van der Waals surface area contributed by atoms with Crippen LogP contribution in [0, 0.1) is 0 Å². The Balaban J connectivity index is 1.27. The van der Waals surface area contributed by atoms with Crippen molar-refractivity contribution in [1.29, 1.82) is 0 Å². The summed E-state index contributed by atoms with van der Waals surface area (Å²) in [6, 6.07) is 38.6. The average Bonchev–Trinajstić information content (AvgIpc) is 3.60. The summed E-state index contributed by atoms with van der Waals surface area (Å²) >= 11 is 3.51. The van der Waals surface area contributed by atoms with Crippen LogP contribution in [-0.2, 0) is 21.6 Å². The molecule has 2 unspecified atom stereocenters. The molecule has 0 bridgehead atoms. The van der Waals surface area contributed by atoms with Gasteiger partial charge in [0.25, 0.3) is 0 Å². The summed E-state index contributed by atoms with van der Waals surface area (Å²) in [5.41, 5.74) is 2.09. The fraction of sp³-hybridized carbons (Fsp3) is 0.0556. The Morgan fingerprint density at radius 2 is 0.810 bits per heavy atom. The molecule has 6 aromatic carbocycles. The van der Waals surface area contributed by atoms with E-state index in [0.717, 1.165) is 52.2 Å². The molecule has 2 atom stereocenters. The third-order valence-corrected chi connectivity index (χ3v) is 12.1. The third-order valence-electron chi connectivity index (χ3n) is 7.96. The number of rotatable bonds is 4. The highest BCUT2D eigenvalue weighted by Gasteiger charge is 2.16. The number of fused-ring (bicyclic) bond motifs is 5. The minimum atomic E-state index is -1.10. The number of benzene rings is 6. The normalized spacial score (nSPS) is 13.5. The Hall–Kier alpha value is -3.68. The van der Waals surface area contributed by atoms with Crippen LogP contribution in [0.4, 0.5) is 0 Å². The van der Waals surface area contributed by atoms with Crippen LogP contribution in [0.2, 0.25) is 0 Å². The van der Waals surface area contributed by atoms with Crippen LogP contribution in [-0.4, -0.2) is 20.9 Å². The van der Waals surface area contributed by atoms with Gasteiger partial charge in [-0.15, -0.1) is 22.7 Å². The minimum absolute atomic E-state index is 0.874. The molecular formula is C36H24O2S4. The molecule has 0 aliphatic carbocycles. The lowest BCUT2D eigenvalue weighted by Crippen LogP contribution is -1.91. The van der Waals surface area contributed by atoms with E-state index in [2.05, 4.69) is 84.9 Å². The maximum Gasteiger partial charge on any atom is 0.0504 e. The van der Waals surface area contributed by atoms with E-state index in [9.17, 15) is 8.42 Å². The van der Waals surface area contributed by atoms with E-state index in [1.54, 1.807) is 35.2 Å². The largest absolute Gasteiger partial charge is 0.255 e. The Labute approximate surface area is 256 Å². The fourth-order valence-electron chi connectivity index (χ4n) is 5.89. The van der Waals surface area contributed by atoms with Gasteiger partial charge in [0, 0.05) is 52.6 Å². The van der Waals surface area contributed by atoms with Crippen molar-refractivity contribution in [2.75, 3.05) is 12.5 Å². The number of hydrogen-bond acceptors (Lipinski definition) is 4. The highest BCUT2D eigenvalue weighted by molar-refractivity contribution is 7.84. The monoisotopic (exact) mass is 616 g/mol. The lowest BCUT2D eigenvalue weighted by Gasteiger charge is -2.08. The van der Waals surface area contributed by atoms with Gasteiger partial charge in [0.2, 0.25) is 0 Å². The second kappa shape index (κ2) is 9.96. The molecule has 42 heavy (non-hydrogen) atoms. The summed E-state index contributed by atoms with van der Waals surface area (Å²) < 4.78 is 27.9. The van der Waals surface area contributed by atoms with Crippen molar-refractivity contribution in [2.45, 2.75) is 9.79 Å². The van der Waals surface area contributed by atoms with Crippen molar-refractivity contribution >= 4 is 96.8 Å². The lowest BCUT2D eigenvalue weighted by atomic mass is 10.0. The van der Waals surface area contributed by atoms with E-state index in [-0.39, 0.29) is 0 Å². The van der Waals surface area contributed by atoms with Gasteiger partial charge < -0.3 is 0 Å². The van der Waals surface area contributed by atoms with E-state index in [4.69, 9.17) is 0 Å². The van der Waals surface area contributed by atoms with Crippen LogP contribution in [0.1, 0.15) is 0 Å². The molecule has 2 aromatic heterocycles. The fourth-order valence-corrected chi connectivity index (χ4v) is 9.81. The SMILES string of the molecule is CS(=O)c1cc2ccccc2cc1-c1cc2cc3cc4sc(-c5cc6ccccc6cc5S(C)=O)cc4cc3cc2s1. The predicted molar refractivity (Wildman–Crippen MR) is 185 cm³/mol. The Kier molecular flexibility index (Phi) is 6.16. The minimum Gasteiger partial charge on any atom is -0.255 e. The molecule has 8 rings (SSSR count). The highest BCUT2D eigenvalue weighted by Crippen LogP contribution is 2.43. The first-order valence-electron chi connectivity index (χ1n) is 13.6. The zero-order chi connectivity index (χ0) is 28.5. The van der Waals surface area contributed by atoms with Crippen LogP contribution >= 0.6 is 22.7 Å². The van der Waals surface area contributed by atoms with Crippen molar-refractivity contribution < 1.29 is 8.42 Å². The molecule has 0 amide bonds. The molecular weight excluding hydrogens is 593 g/mol. The Morgan fingerprint density at radius 1 is 0.429 bits per heavy atom. The molecule has 6 heteroatoms. The summed E-state index contributed by atoms with van der Waals surface area (Å²) in [5.74, 6) is 0. The first kappa shape index (κ1) is 26.0. The average molecular weight is 617 g/mol. The second-order valence-corrected chi connectivity index (χ2v) is 15.5. The molecule has 0 N–H and O–H groups in total. The summed E-state index contributed by atoms with van der Waals surface area (Å²) in [4.78, 5) is 4.02. The smallest absolute Gasteiger partial charge is 0.0504 e. The van der Waals surface area contributed by atoms with Gasteiger partial charge in [-0.1, -0.05) is 48.5 Å². The molecule has 0 radical (unpaired) electrons. The molecule has 204 valence electrons. The molecule has 0 saturated carbocycles. The number of thiophene rings is 2. The van der Waals surface area contributed by atoms with E-state index < -0.39 is 21.6 Å². The van der Waals surface area contributed by atoms with Gasteiger partial charge in [0.05, 0.1) is 21.6 Å². The zero-order valence-electron chi connectivity index (χ0n) is 22.8. The highest BCUT2D eigenvalue weighted by atomic mass is 32.2. The molecule has 8 aromatic rings. The van der Waals surface area contributed by atoms with E-state index in [0.29, 0.717) is 0 Å². The molecule has 0 aliphatic rings. The summed E-state index contributed by atoms with van der Waals surface area (Å²) in [7, 11) is -2.19. The first-order chi connectivity index (χ1) is 20.4. The molecule has 0 fully saturated rings. The van der Waals surface area contributed by atoms with E-state index in [1.165, 1.54) is 30.9 Å². The van der Waals surface area contributed by atoms with Crippen molar-refractivity contribution in [1.82, 2.24) is 0 Å². The maximum absolute atomic E-state index is 12.7. The summed E-state index contributed by atoms with van der Waals surface area (Å²) in [5, 5.41) is 9.31. The van der Waals surface area contributed by atoms with Crippen LogP contribution in [0.3, 0.4) is 0 Å². The molecule has 2 nitrogen and oxygen atoms in total. The Bertz CT molecular complexity index is 2190. The first-order valence-corrected chi connectivity index (χ1v) is 18.3. The molecule has 0 aliphatic heterocycles. The van der Waals surface area contributed by atoms with Crippen LogP contribution < -0.4 is 0 Å². The van der Waals surface area contributed by atoms with Gasteiger partial charge >= 0.3 is 0 Å². The van der Waals surface area contributed by atoms with Crippen molar-refractivity contribution in [2.24, 2.45) is 0 Å². The molecule has 2 heterocycles. The number of hydrogen-bond donors (Lipinski definition) is 0. The van der Waals surface area contributed by atoms with E-state index >= 15 is 0 Å². The standard InChI is InChI=1S/C36H24O2S4/c1-41(37)35-19-23-9-5-3-7-21(23)13-29(35)33-17-27-11-25-16-32-28(12-26(25)15-31(27)39-33)18-34(40-32)30-14-22-8-4-6-10-24(22)20-36(30)42(2)38/h3-20H,1-2H3. The van der Waals surface area contributed by atoms with Gasteiger partial charge in [-0.2, -0.15) is 0 Å². The summed E-state index contributed by atoms with van der Waals surface area (Å²) in [6.45, 7) is 0. The van der Waals surface area contributed by atoms with Gasteiger partial charge in [0.1, 0.15) is 0 Å².